The van der Waals surface area contributed by atoms with E-state index in [1.807, 2.05) is 11.6 Å². The van der Waals surface area contributed by atoms with Crippen molar-refractivity contribution in [2.24, 2.45) is 5.73 Å². The molecule has 0 saturated carbocycles. The molecule has 1 atom stereocenters. The first-order valence-corrected chi connectivity index (χ1v) is 7.35. The lowest BCUT2D eigenvalue weighted by Gasteiger charge is -2.20. The second kappa shape index (κ2) is 6.88. The lowest BCUT2D eigenvalue weighted by atomic mass is 10.2. The first-order chi connectivity index (χ1) is 7.65. The summed E-state index contributed by atoms with van der Waals surface area (Å²) in [6.07, 6.45) is 2.73. The fourth-order valence-electron chi connectivity index (χ4n) is 1.29. The summed E-state index contributed by atoms with van der Waals surface area (Å²) in [5.41, 5.74) is 8.49. The molecule has 0 spiro atoms. The molecule has 0 bridgehead atoms. The Morgan fingerprint density at radius 2 is 2.50 bits per heavy atom. The largest absolute Gasteiger partial charge is 0.338 e. The summed E-state index contributed by atoms with van der Waals surface area (Å²) in [4.78, 5) is 17.6. The highest BCUT2D eigenvalue weighted by atomic mass is 32.2. The number of likely N-dealkylation sites (N-methyl/N-ethyl adjacent to an activating group) is 1. The summed E-state index contributed by atoms with van der Waals surface area (Å²) in [6.45, 7) is 0.537. The van der Waals surface area contributed by atoms with Crippen LogP contribution in [0, 0.1) is 0 Å². The highest BCUT2D eigenvalue weighted by molar-refractivity contribution is 7.98. The maximum atomic E-state index is 11.8. The number of amides is 1. The summed E-state index contributed by atoms with van der Waals surface area (Å²) in [6, 6.07) is -0.393. The zero-order valence-electron chi connectivity index (χ0n) is 9.55. The molecule has 0 unspecified atom stereocenters. The Bertz CT molecular complexity index is 316. The van der Waals surface area contributed by atoms with Crippen molar-refractivity contribution >= 4 is 29.0 Å². The van der Waals surface area contributed by atoms with Gasteiger partial charge in [-0.05, 0) is 18.4 Å². The van der Waals surface area contributed by atoms with Gasteiger partial charge in [-0.1, -0.05) is 0 Å². The van der Waals surface area contributed by atoms with Crippen LogP contribution in [0.2, 0.25) is 0 Å². The fourth-order valence-corrected chi connectivity index (χ4v) is 2.33. The van der Waals surface area contributed by atoms with Crippen molar-refractivity contribution in [3.05, 3.63) is 16.6 Å². The van der Waals surface area contributed by atoms with Gasteiger partial charge in [-0.25, -0.2) is 4.98 Å². The molecule has 1 aromatic heterocycles. The lowest BCUT2D eigenvalue weighted by Crippen LogP contribution is -2.41. The quantitative estimate of drug-likeness (QED) is 0.833. The maximum Gasteiger partial charge on any atom is 0.239 e. The molecule has 0 aliphatic rings. The van der Waals surface area contributed by atoms with Gasteiger partial charge in [-0.2, -0.15) is 11.8 Å². The second-order valence-electron chi connectivity index (χ2n) is 3.56. The van der Waals surface area contributed by atoms with Gasteiger partial charge < -0.3 is 10.6 Å². The minimum atomic E-state index is -0.393. The number of nitrogens with two attached hydrogens (primary N) is 1. The van der Waals surface area contributed by atoms with Gasteiger partial charge >= 0.3 is 0 Å². The third-order valence-electron chi connectivity index (χ3n) is 2.21. The van der Waals surface area contributed by atoms with E-state index in [4.69, 9.17) is 5.73 Å². The van der Waals surface area contributed by atoms with Crippen LogP contribution in [0.1, 0.15) is 12.1 Å². The van der Waals surface area contributed by atoms with Crippen molar-refractivity contribution in [2.75, 3.05) is 19.1 Å². The summed E-state index contributed by atoms with van der Waals surface area (Å²) in [7, 11) is 1.76. The molecule has 1 aromatic rings. The smallest absolute Gasteiger partial charge is 0.239 e. The molecule has 4 nitrogen and oxygen atoms in total. The minimum Gasteiger partial charge on any atom is -0.338 e. The average Bonchev–Trinajstić information content (AvgIpc) is 2.77. The van der Waals surface area contributed by atoms with Crippen LogP contribution in [0.3, 0.4) is 0 Å². The Morgan fingerprint density at radius 3 is 3.06 bits per heavy atom. The number of carbonyl (C=O) groups excluding carboxylic acids is 1. The van der Waals surface area contributed by atoms with Crippen LogP contribution < -0.4 is 5.73 Å². The van der Waals surface area contributed by atoms with Crippen LogP contribution in [0.15, 0.2) is 10.9 Å². The Labute approximate surface area is 104 Å². The van der Waals surface area contributed by atoms with E-state index in [1.165, 1.54) is 11.3 Å². The molecule has 1 heterocycles. The van der Waals surface area contributed by atoms with Crippen LogP contribution in [0.25, 0.3) is 0 Å². The Morgan fingerprint density at radius 1 is 1.75 bits per heavy atom. The molecular weight excluding hydrogens is 242 g/mol. The van der Waals surface area contributed by atoms with Crippen molar-refractivity contribution in [3.63, 3.8) is 0 Å². The molecule has 0 aliphatic heterocycles. The monoisotopic (exact) mass is 259 g/mol. The van der Waals surface area contributed by atoms with Crippen molar-refractivity contribution < 1.29 is 4.79 Å². The van der Waals surface area contributed by atoms with Gasteiger partial charge in [-0.3, -0.25) is 4.79 Å². The standard InChI is InChI=1S/C10H17N3OS2/c1-13(5-8-6-16-7-12-8)10(14)9(11)3-4-15-2/h6-7,9H,3-5,11H2,1-2H3/t9-/m0/s1. The van der Waals surface area contributed by atoms with Crippen molar-refractivity contribution in [1.29, 1.82) is 0 Å². The zero-order chi connectivity index (χ0) is 12.0. The van der Waals surface area contributed by atoms with Crippen LogP contribution in [0.4, 0.5) is 0 Å². The molecule has 0 aromatic carbocycles. The zero-order valence-corrected chi connectivity index (χ0v) is 11.2. The van der Waals surface area contributed by atoms with Crippen LogP contribution >= 0.6 is 23.1 Å². The third kappa shape index (κ3) is 4.11. The van der Waals surface area contributed by atoms with Gasteiger partial charge in [0.15, 0.2) is 0 Å². The number of thiazole rings is 1. The first kappa shape index (κ1) is 13.5. The van der Waals surface area contributed by atoms with Gasteiger partial charge in [0.1, 0.15) is 0 Å². The topological polar surface area (TPSA) is 59.2 Å². The maximum absolute atomic E-state index is 11.8. The van der Waals surface area contributed by atoms with Gasteiger partial charge in [0.2, 0.25) is 5.91 Å². The molecule has 0 saturated heterocycles. The molecular formula is C10H17N3OS2. The molecule has 16 heavy (non-hydrogen) atoms. The lowest BCUT2D eigenvalue weighted by molar-refractivity contribution is -0.131. The molecule has 90 valence electrons. The molecule has 0 fully saturated rings. The number of rotatable bonds is 6. The van der Waals surface area contributed by atoms with E-state index in [0.29, 0.717) is 6.54 Å². The molecule has 1 amide bonds. The van der Waals surface area contributed by atoms with E-state index in [1.54, 1.807) is 29.2 Å². The Balaban J connectivity index is 2.41. The van der Waals surface area contributed by atoms with Crippen LogP contribution in [-0.2, 0) is 11.3 Å². The molecule has 6 heteroatoms. The summed E-state index contributed by atoms with van der Waals surface area (Å²) >= 11 is 3.23. The number of carbonyl (C=O) groups is 1. The predicted molar refractivity (Wildman–Crippen MR) is 69.6 cm³/mol. The Hall–Kier alpha value is -0.590. The number of aromatic nitrogens is 1. The highest BCUT2D eigenvalue weighted by Gasteiger charge is 2.17. The van der Waals surface area contributed by atoms with Gasteiger partial charge in [-0.15, -0.1) is 11.3 Å². The minimum absolute atomic E-state index is 0.0120. The van der Waals surface area contributed by atoms with E-state index in [9.17, 15) is 4.79 Å². The second-order valence-corrected chi connectivity index (χ2v) is 5.27. The molecule has 2 N–H and O–H groups in total. The number of nitrogens with zero attached hydrogens (tertiary/aromatic N) is 2. The molecule has 0 aliphatic carbocycles. The van der Waals surface area contributed by atoms with E-state index in [0.717, 1.165) is 17.9 Å². The summed E-state index contributed by atoms with van der Waals surface area (Å²) in [5.74, 6) is 0.902. The van der Waals surface area contributed by atoms with Gasteiger partial charge in [0, 0.05) is 12.4 Å². The van der Waals surface area contributed by atoms with E-state index in [2.05, 4.69) is 4.98 Å². The first-order valence-electron chi connectivity index (χ1n) is 5.01. The van der Waals surface area contributed by atoms with Gasteiger partial charge in [0.25, 0.3) is 0 Å². The summed E-state index contributed by atoms with van der Waals surface area (Å²) < 4.78 is 0. The van der Waals surface area contributed by atoms with Crippen molar-refractivity contribution in [2.45, 2.75) is 19.0 Å². The van der Waals surface area contributed by atoms with Crippen LogP contribution in [0.5, 0.6) is 0 Å². The van der Waals surface area contributed by atoms with E-state index in [-0.39, 0.29) is 5.91 Å². The fraction of sp³-hybridized carbons (Fsp3) is 0.600. The Kier molecular flexibility index (Phi) is 5.79. The van der Waals surface area contributed by atoms with E-state index < -0.39 is 6.04 Å². The average molecular weight is 259 g/mol. The van der Waals surface area contributed by atoms with Crippen molar-refractivity contribution in [1.82, 2.24) is 9.88 Å². The van der Waals surface area contributed by atoms with Crippen LogP contribution in [-0.4, -0.2) is 40.9 Å². The number of hydrogen-bond acceptors (Lipinski definition) is 5. The van der Waals surface area contributed by atoms with Gasteiger partial charge in [0.05, 0.1) is 23.8 Å². The normalized spacial score (nSPS) is 12.4. The predicted octanol–water partition coefficient (Wildman–Crippen LogP) is 1.18. The van der Waals surface area contributed by atoms with E-state index >= 15 is 0 Å². The molecule has 1 rings (SSSR count). The number of thioether (sulfide) groups is 1. The molecule has 0 radical (unpaired) electrons. The SMILES string of the molecule is CSCC[C@H](N)C(=O)N(C)Cc1cscn1. The summed E-state index contributed by atoms with van der Waals surface area (Å²) in [5, 5.41) is 1.94. The number of hydrogen-bond donors (Lipinski definition) is 1. The van der Waals surface area contributed by atoms with Crippen molar-refractivity contribution in [3.8, 4) is 0 Å². The third-order valence-corrected chi connectivity index (χ3v) is 3.49. The highest BCUT2D eigenvalue weighted by Crippen LogP contribution is 2.07.